The monoisotopic (exact) mass is 328 g/mol. The van der Waals surface area contributed by atoms with Crippen molar-refractivity contribution in [1.82, 2.24) is 10.2 Å². The third-order valence-electron chi connectivity index (χ3n) is 5.23. The van der Waals surface area contributed by atoms with Gasteiger partial charge in [0, 0.05) is 19.0 Å². The van der Waals surface area contributed by atoms with Gasteiger partial charge in [0.25, 0.3) is 0 Å². The van der Waals surface area contributed by atoms with Gasteiger partial charge in [-0.05, 0) is 44.6 Å². The maximum atomic E-state index is 12.7. The van der Waals surface area contributed by atoms with E-state index < -0.39 is 0 Å². The van der Waals surface area contributed by atoms with E-state index in [0.29, 0.717) is 6.54 Å². The Morgan fingerprint density at radius 2 is 1.88 bits per heavy atom. The average molecular weight is 328 g/mol. The molecule has 2 aliphatic rings. The molecule has 2 atom stereocenters. The normalized spacial score (nSPS) is 22.1. The van der Waals surface area contributed by atoms with E-state index >= 15 is 0 Å². The number of carbonyl (C=O) groups excluding carboxylic acids is 2. The zero-order chi connectivity index (χ0) is 17.1. The Bertz CT molecular complexity index is 592. The SMILES string of the molecule is CC[C@@H](NC(=O)[C@@H]1CCCN(C(=O)C2CC2)C1)c1ccc(C)cc1. The van der Waals surface area contributed by atoms with Gasteiger partial charge in [0.1, 0.15) is 0 Å². The Morgan fingerprint density at radius 1 is 1.17 bits per heavy atom. The number of hydrogen-bond acceptors (Lipinski definition) is 2. The maximum Gasteiger partial charge on any atom is 0.225 e. The van der Waals surface area contributed by atoms with Gasteiger partial charge in [-0.2, -0.15) is 0 Å². The molecule has 1 saturated heterocycles. The Balaban J connectivity index is 1.60. The second-order valence-electron chi connectivity index (χ2n) is 7.28. The van der Waals surface area contributed by atoms with Gasteiger partial charge in [0.2, 0.25) is 11.8 Å². The lowest BCUT2D eigenvalue weighted by Crippen LogP contribution is -2.46. The van der Waals surface area contributed by atoms with E-state index in [1.54, 1.807) is 0 Å². The smallest absolute Gasteiger partial charge is 0.225 e. The van der Waals surface area contributed by atoms with Crippen molar-refractivity contribution < 1.29 is 9.59 Å². The zero-order valence-corrected chi connectivity index (χ0v) is 14.8. The highest BCUT2D eigenvalue weighted by Crippen LogP contribution is 2.32. The molecule has 4 nitrogen and oxygen atoms in total. The number of benzene rings is 1. The number of carbonyl (C=O) groups is 2. The number of aryl methyl sites for hydroxylation is 1. The minimum absolute atomic E-state index is 0.0487. The van der Waals surface area contributed by atoms with Crippen molar-refractivity contribution in [3.63, 3.8) is 0 Å². The Hall–Kier alpha value is -1.84. The van der Waals surface area contributed by atoms with E-state index in [1.165, 1.54) is 5.56 Å². The summed E-state index contributed by atoms with van der Waals surface area (Å²) in [5, 5.41) is 3.20. The van der Waals surface area contributed by atoms with Gasteiger partial charge in [-0.1, -0.05) is 36.8 Å². The van der Waals surface area contributed by atoms with Crippen LogP contribution in [0.3, 0.4) is 0 Å². The summed E-state index contributed by atoms with van der Waals surface area (Å²) in [4.78, 5) is 26.9. The highest BCUT2D eigenvalue weighted by molar-refractivity contribution is 5.83. The first-order valence-electron chi connectivity index (χ1n) is 9.24. The summed E-state index contributed by atoms with van der Waals surface area (Å²) in [6.07, 6.45) is 4.73. The molecule has 0 radical (unpaired) electrons. The van der Waals surface area contributed by atoms with E-state index in [-0.39, 0.29) is 29.7 Å². The fraction of sp³-hybridized carbons (Fsp3) is 0.600. The molecular weight excluding hydrogens is 300 g/mol. The van der Waals surface area contributed by atoms with Crippen LogP contribution in [-0.2, 0) is 9.59 Å². The molecule has 24 heavy (non-hydrogen) atoms. The molecule has 0 bridgehead atoms. The molecule has 1 aliphatic heterocycles. The number of nitrogens with zero attached hydrogens (tertiary/aromatic N) is 1. The van der Waals surface area contributed by atoms with E-state index in [1.807, 2.05) is 4.90 Å². The molecular formula is C20H28N2O2. The molecule has 0 spiro atoms. The standard InChI is InChI=1S/C20H28N2O2/c1-3-18(15-8-6-14(2)7-9-15)21-19(23)17-5-4-12-22(13-17)20(24)16-10-11-16/h6-9,16-18H,3-5,10-13H2,1-2H3,(H,21,23)/t17-,18-/m1/s1. The summed E-state index contributed by atoms with van der Waals surface area (Å²) in [5.74, 6) is 0.525. The van der Waals surface area contributed by atoms with Crippen LogP contribution in [0.4, 0.5) is 0 Å². The van der Waals surface area contributed by atoms with Gasteiger partial charge in [-0.3, -0.25) is 9.59 Å². The Kier molecular flexibility index (Phi) is 5.22. The van der Waals surface area contributed by atoms with Gasteiger partial charge in [-0.25, -0.2) is 0 Å². The molecule has 2 fully saturated rings. The van der Waals surface area contributed by atoms with E-state index in [0.717, 1.165) is 44.2 Å². The van der Waals surface area contributed by atoms with Crippen molar-refractivity contribution in [2.75, 3.05) is 13.1 Å². The van der Waals surface area contributed by atoms with Crippen molar-refractivity contribution in [1.29, 1.82) is 0 Å². The highest BCUT2D eigenvalue weighted by atomic mass is 16.2. The van der Waals surface area contributed by atoms with Gasteiger partial charge >= 0.3 is 0 Å². The third-order valence-corrected chi connectivity index (χ3v) is 5.23. The minimum Gasteiger partial charge on any atom is -0.349 e. The lowest BCUT2D eigenvalue weighted by Gasteiger charge is -2.33. The molecule has 1 aromatic rings. The molecule has 0 aromatic heterocycles. The first-order valence-corrected chi connectivity index (χ1v) is 9.24. The summed E-state index contributed by atoms with van der Waals surface area (Å²) in [6.45, 7) is 5.56. The van der Waals surface area contributed by atoms with Crippen LogP contribution in [0.25, 0.3) is 0 Å². The molecule has 0 unspecified atom stereocenters. The van der Waals surface area contributed by atoms with Crippen molar-refractivity contribution in [2.45, 2.75) is 52.0 Å². The molecule has 1 aromatic carbocycles. The Labute approximate surface area is 144 Å². The van der Waals surface area contributed by atoms with Gasteiger partial charge in [0.15, 0.2) is 0 Å². The predicted octanol–water partition coefficient (Wildman–Crippen LogP) is 3.21. The first-order chi connectivity index (χ1) is 11.6. The van der Waals surface area contributed by atoms with Crippen LogP contribution in [0.2, 0.25) is 0 Å². The number of nitrogens with one attached hydrogen (secondary N) is 1. The fourth-order valence-electron chi connectivity index (χ4n) is 3.49. The van der Waals surface area contributed by atoms with Crippen molar-refractivity contribution >= 4 is 11.8 Å². The lowest BCUT2D eigenvalue weighted by molar-refractivity contribution is -0.137. The largest absolute Gasteiger partial charge is 0.349 e. The molecule has 4 heteroatoms. The first kappa shape index (κ1) is 17.0. The summed E-state index contributed by atoms with van der Waals surface area (Å²) in [5.41, 5.74) is 2.37. The van der Waals surface area contributed by atoms with E-state index in [4.69, 9.17) is 0 Å². The minimum atomic E-state index is -0.0686. The molecule has 1 aliphatic carbocycles. The number of amides is 2. The van der Waals surface area contributed by atoms with Crippen LogP contribution in [0, 0.1) is 18.8 Å². The van der Waals surface area contributed by atoms with E-state index in [2.05, 4.69) is 43.4 Å². The topological polar surface area (TPSA) is 49.4 Å². The van der Waals surface area contributed by atoms with Gasteiger partial charge < -0.3 is 10.2 Å². The average Bonchev–Trinajstić information content (AvgIpc) is 3.45. The van der Waals surface area contributed by atoms with Crippen LogP contribution in [0.1, 0.15) is 56.2 Å². The van der Waals surface area contributed by atoms with Crippen LogP contribution in [0.15, 0.2) is 24.3 Å². The second-order valence-corrected chi connectivity index (χ2v) is 7.28. The molecule has 1 heterocycles. The van der Waals surface area contributed by atoms with Crippen molar-refractivity contribution in [2.24, 2.45) is 11.8 Å². The predicted molar refractivity (Wildman–Crippen MR) is 94.4 cm³/mol. The van der Waals surface area contributed by atoms with Crippen molar-refractivity contribution in [3.05, 3.63) is 35.4 Å². The zero-order valence-electron chi connectivity index (χ0n) is 14.8. The molecule has 1 N–H and O–H groups in total. The third kappa shape index (κ3) is 3.97. The number of hydrogen-bond donors (Lipinski definition) is 1. The van der Waals surface area contributed by atoms with Crippen molar-refractivity contribution in [3.8, 4) is 0 Å². The molecule has 1 saturated carbocycles. The Morgan fingerprint density at radius 3 is 2.50 bits per heavy atom. The quantitative estimate of drug-likeness (QED) is 0.902. The summed E-state index contributed by atoms with van der Waals surface area (Å²) < 4.78 is 0. The molecule has 2 amide bonds. The van der Waals surface area contributed by atoms with Crippen LogP contribution in [-0.4, -0.2) is 29.8 Å². The van der Waals surface area contributed by atoms with Crippen LogP contribution in [0.5, 0.6) is 0 Å². The lowest BCUT2D eigenvalue weighted by atomic mass is 9.95. The fourth-order valence-corrected chi connectivity index (χ4v) is 3.49. The summed E-state index contributed by atoms with van der Waals surface area (Å²) in [6, 6.07) is 8.40. The van der Waals surface area contributed by atoms with Gasteiger partial charge in [-0.15, -0.1) is 0 Å². The second kappa shape index (κ2) is 7.37. The molecule has 130 valence electrons. The van der Waals surface area contributed by atoms with Gasteiger partial charge in [0.05, 0.1) is 12.0 Å². The van der Waals surface area contributed by atoms with Crippen LogP contribution >= 0.6 is 0 Å². The van der Waals surface area contributed by atoms with Crippen LogP contribution < -0.4 is 5.32 Å². The number of rotatable bonds is 5. The molecule has 3 rings (SSSR count). The number of piperidine rings is 1. The highest BCUT2D eigenvalue weighted by Gasteiger charge is 2.36. The van der Waals surface area contributed by atoms with E-state index in [9.17, 15) is 9.59 Å². The summed E-state index contributed by atoms with van der Waals surface area (Å²) >= 11 is 0. The maximum absolute atomic E-state index is 12.7. The number of likely N-dealkylation sites (tertiary alicyclic amines) is 1. The summed E-state index contributed by atoms with van der Waals surface area (Å²) in [7, 11) is 0.